The van der Waals surface area contributed by atoms with E-state index in [4.69, 9.17) is 9.39 Å². The van der Waals surface area contributed by atoms with Crippen molar-refractivity contribution in [3.63, 3.8) is 0 Å². The largest absolute Gasteiger partial charge is 0.444 e. The van der Waals surface area contributed by atoms with Crippen molar-refractivity contribution in [1.29, 1.82) is 0 Å². The van der Waals surface area contributed by atoms with E-state index in [0.29, 0.717) is 5.92 Å². The maximum absolute atomic E-state index is 13.0. The number of likely N-dealkylation sites (tertiary alicyclic amines) is 1. The Labute approximate surface area is 203 Å². The van der Waals surface area contributed by atoms with Gasteiger partial charge in [0.15, 0.2) is 0 Å². The lowest BCUT2D eigenvalue weighted by molar-refractivity contribution is -0.0893. The number of carbonyl (C=O) groups is 1. The number of H-pyrrole nitrogens is 1. The van der Waals surface area contributed by atoms with Gasteiger partial charge in [-0.1, -0.05) is 29.7 Å². The van der Waals surface area contributed by atoms with Gasteiger partial charge in [0.05, 0.1) is 29.1 Å². The summed E-state index contributed by atoms with van der Waals surface area (Å²) in [6.45, 7) is 12.9. The number of hydrogen-bond acceptors (Lipinski definition) is 5. The van der Waals surface area contributed by atoms with E-state index >= 15 is 0 Å². The number of rotatable bonds is 6. The summed E-state index contributed by atoms with van der Waals surface area (Å²) in [5.41, 5.74) is 0.608. The van der Waals surface area contributed by atoms with Gasteiger partial charge in [-0.05, 0) is 79.2 Å². The number of carbonyl (C=O) groups excluding carboxylic acids is 1. The number of imidazole rings is 1. The first-order chi connectivity index (χ1) is 15.7. The molecule has 3 atom stereocenters. The topological polar surface area (TPSA) is 87.7 Å². The van der Waals surface area contributed by atoms with E-state index in [1.807, 2.05) is 70.0 Å². The zero-order chi connectivity index (χ0) is 24.9. The number of aliphatic hydroxyl groups is 1. The maximum atomic E-state index is 13.0. The lowest BCUT2D eigenvalue weighted by Gasteiger charge is -2.37. The van der Waals surface area contributed by atoms with Crippen LogP contribution in [0.2, 0.25) is 0 Å². The van der Waals surface area contributed by atoms with Crippen LogP contribution >= 0.6 is 0 Å². The summed E-state index contributed by atoms with van der Waals surface area (Å²) >= 11 is 0. The molecule has 34 heavy (non-hydrogen) atoms. The third kappa shape index (κ3) is 5.03. The van der Waals surface area contributed by atoms with Crippen molar-refractivity contribution < 1.29 is 19.3 Å². The van der Waals surface area contributed by atoms with E-state index in [9.17, 15) is 9.90 Å². The highest BCUT2D eigenvalue weighted by atomic mass is 16.6. The number of piperidine rings is 1. The molecule has 1 aromatic carbocycles. The molecule has 183 valence electrons. The number of fused-ring (bicyclic) bond motifs is 2. The molecule has 8 heteroatoms. The summed E-state index contributed by atoms with van der Waals surface area (Å²) in [5.74, 6) is 1.23. The fraction of sp³-hybridized carbons (Fsp3) is 0.615. The van der Waals surface area contributed by atoms with E-state index < -0.39 is 16.8 Å². The van der Waals surface area contributed by atoms with E-state index in [2.05, 4.69) is 9.97 Å². The molecule has 3 unspecified atom stereocenters. The normalized spacial score (nSPS) is 22.8. The van der Waals surface area contributed by atoms with Gasteiger partial charge >= 0.3 is 13.6 Å². The number of aromatic nitrogens is 2. The molecule has 1 radical (unpaired) electrons. The minimum atomic E-state index is -0.970. The van der Waals surface area contributed by atoms with Crippen LogP contribution in [0.5, 0.6) is 0 Å². The summed E-state index contributed by atoms with van der Waals surface area (Å²) in [6, 6.07) is 8.11. The van der Waals surface area contributed by atoms with Crippen LogP contribution in [0.3, 0.4) is 0 Å². The molecule has 1 saturated heterocycles. The molecular formula is C26H37BN3O4. The predicted molar refractivity (Wildman–Crippen MR) is 133 cm³/mol. The van der Waals surface area contributed by atoms with Gasteiger partial charge in [-0.2, -0.15) is 0 Å². The summed E-state index contributed by atoms with van der Waals surface area (Å²) < 4.78 is 11.6. The first-order valence-electron chi connectivity index (χ1n) is 12.2. The summed E-state index contributed by atoms with van der Waals surface area (Å²) in [6.07, 6.45) is 4.72. The van der Waals surface area contributed by atoms with Gasteiger partial charge in [0.2, 0.25) is 0 Å². The smallest absolute Gasteiger partial charge is 0.411 e. The van der Waals surface area contributed by atoms with Gasteiger partial charge in [0, 0.05) is 6.04 Å². The molecule has 1 aliphatic heterocycles. The molecule has 0 spiro atoms. The minimum absolute atomic E-state index is 0.0765. The Kier molecular flexibility index (Phi) is 6.36. The highest BCUT2D eigenvalue weighted by Crippen LogP contribution is 2.50. The molecule has 2 aliphatic rings. The van der Waals surface area contributed by atoms with Crippen molar-refractivity contribution in [1.82, 2.24) is 14.9 Å². The first kappa shape index (κ1) is 24.8. The average molecular weight is 466 g/mol. The second-order valence-electron chi connectivity index (χ2n) is 11.7. The number of nitrogens with zero attached hydrogens (tertiary/aromatic N) is 2. The number of ether oxygens (including phenoxy) is 1. The van der Waals surface area contributed by atoms with E-state index in [1.165, 1.54) is 0 Å². The second kappa shape index (κ2) is 8.72. The van der Waals surface area contributed by atoms with Crippen molar-refractivity contribution >= 4 is 19.0 Å². The zero-order valence-electron chi connectivity index (χ0n) is 21.4. The Morgan fingerprint density at radius 1 is 1.12 bits per heavy atom. The summed E-state index contributed by atoms with van der Waals surface area (Å²) in [5, 5.41) is 10.3. The lowest BCUT2D eigenvalue weighted by Crippen LogP contribution is -2.49. The Morgan fingerprint density at radius 2 is 1.79 bits per heavy atom. The van der Waals surface area contributed by atoms with Gasteiger partial charge in [-0.25, -0.2) is 9.78 Å². The van der Waals surface area contributed by atoms with Crippen molar-refractivity contribution in [2.75, 3.05) is 0 Å². The number of aromatic amines is 1. The maximum Gasteiger partial charge on any atom is 0.411 e. The Bertz CT molecular complexity index is 1020. The number of hydrogen-bond donors (Lipinski definition) is 2. The fourth-order valence-corrected chi connectivity index (χ4v) is 4.65. The molecule has 7 nitrogen and oxygen atoms in total. The standard InChI is InChI=1S/C26H37BN3O4/c1-24(2,3)33-23(31)30-19-13-10-17(14-19)21(30)22-28-15-20(29-22)16-8-11-18(12-9-16)27-34-26(6,7)25(4,5)32/h8-9,11-12,15,17,19,21,32H,10,13-14H2,1-7H3,(H,28,29). The predicted octanol–water partition coefficient (Wildman–Crippen LogP) is 4.35. The molecule has 1 aromatic heterocycles. The van der Waals surface area contributed by atoms with Gasteiger partial charge in [0.1, 0.15) is 11.4 Å². The molecule has 1 amide bonds. The Balaban J connectivity index is 1.47. The van der Waals surface area contributed by atoms with Crippen LogP contribution in [0.25, 0.3) is 11.3 Å². The van der Waals surface area contributed by atoms with E-state index in [1.54, 1.807) is 21.3 Å². The van der Waals surface area contributed by atoms with Gasteiger partial charge in [0.25, 0.3) is 0 Å². The van der Waals surface area contributed by atoms with Crippen LogP contribution in [0.1, 0.15) is 79.6 Å². The molecule has 2 N–H and O–H groups in total. The average Bonchev–Trinajstić information content (AvgIpc) is 3.46. The first-order valence-corrected chi connectivity index (χ1v) is 12.2. The summed E-state index contributed by atoms with van der Waals surface area (Å²) in [4.78, 5) is 23.0. The van der Waals surface area contributed by atoms with E-state index in [0.717, 1.165) is 41.8 Å². The fourth-order valence-electron chi connectivity index (χ4n) is 4.65. The molecule has 2 heterocycles. The third-order valence-electron chi connectivity index (χ3n) is 7.25. The van der Waals surface area contributed by atoms with Crippen molar-refractivity contribution in [3.8, 4) is 11.3 Å². The van der Waals surface area contributed by atoms with Crippen LogP contribution in [-0.4, -0.2) is 56.4 Å². The van der Waals surface area contributed by atoms with Crippen LogP contribution in [0.15, 0.2) is 30.5 Å². The van der Waals surface area contributed by atoms with Crippen LogP contribution in [0.4, 0.5) is 4.79 Å². The summed E-state index contributed by atoms with van der Waals surface area (Å²) in [7, 11) is 1.67. The van der Waals surface area contributed by atoms with Crippen LogP contribution < -0.4 is 5.46 Å². The molecule has 1 aliphatic carbocycles. The zero-order valence-corrected chi connectivity index (χ0v) is 21.4. The highest BCUT2D eigenvalue weighted by molar-refractivity contribution is 6.47. The number of benzene rings is 1. The molecule has 2 fully saturated rings. The minimum Gasteiger partial charge on any atom is -0.444 e. The quantitative estimate of drug-likeness (QED) is 0.619. The molecular weight excluding hydrogens is 429 g/mol. The van der Waals surface area contributed by atoms with Gasteiger partial charge in [-0.3, -0.25) is 4.90 Å². The number of amides is 1. The molecule has 2 bridgehead atoms. The molecule has 4 rings (SSSR count). The Hall–Kier alpha value is -2.32. The van der Waals surface area contributed by atoms with Crippen molar-refractivity contribution in [2.24, 2.45) is 5.92 Å². The van der Waals surface area contributed by atoms with Crippen molar-refractivity contribution in [2.45, 2.75) is 96.6 Å². The molecule has 1 saturated carbocycles. The highest BCUT2D eigenvalue weighted by Gasteiger charge is 2.51. The Morgan fingerprint density at radius 3 is 2.41 bits per heavy atom. The van der Waals surface area contributed by atoms with Crippen LogP contribution in [0, 0.1) is 5.92 Å². The molecule has 2 aromatic rings. The van der Waals surface area contributed by atoms with Gasteiger partial charge in [-0.15, -0.1) is 0 Å². The van der Waals surface area contributed by atoms with Gasteiger partial charge < -0.3 is 19.5 Å². The SMILES string of the molecule is CC(C)(C)OC(=O)N1C2CCC(C2)C1c1ncc(-c2ccc([B]OC(C)(C)C(C)(C)O)cc2)[nH]1. The van der Waals surface area contributed by atoms with Crippen LogP contribution in [-0.2, 0) is 9.39 Å². The van der Waals surface area contributed by atoms with Crippen molar-refractivity contribution in [3.05, 3.63) is 36.3 Å². The third-order valence-corrected chi connectivity index (χ3v) is 7.25. The number of nitrogens with one attached hydrogen (secondary N) is 1. The van der Waals surface area contributed by atoms with E-state index in [-0.39, 0.29) is 18.2 Å². The monoisotopic (exact) mass is 466 g/mol. The second-order valence-corrected chi connectivity index (χ2v) is 11.7. The lowest BCUT2D eigenvalue weighted by atomic mass is 9.82.